The predicted molar refractivity (Wildman–Crippen MR) is 96.2 cm³/mol. The van der Waals surface area contributed by atoms with Crippen molar-refractivity contribution >= 4 is 17.2 Å². The van der Waals surface area contributed by atoms with E-state index in [0.717, 1.165) is 30.9 Å². The highest BCUT2D eigenvalue weighted by atomic mass is 32.1. The van der Waals surface area contributed by atoms with Gasteiger partial charge in [-0.05, 0) is 37.6 Å². The highest BCUT2D eigenvalue weighted by Crippen LogP contribution is 2.30. The Kier molecular flexibility index (Phi) is 4.83. The molecule has 23 heavy (non-hydrogen) atoms. The van der Waals surface area contributed by atoms with E-state index in [9.17, 15) is 4.79 Å². The molecule has 1 unspecified atom stereocenters. The number of aryl methyl sites for hydroxylation is 2. The summed E-state index contributed by atoms with van der Waals surface area (Å²) in [7, 11) is 2.13. The molecule has 0 bridgehead atoms. The number of hydrogen-bond acceptors (Lipinski definition) is 3. The van der Waals surface area contributed by atoms with E-state index in [2.05, 4.69) is 61.0 Å². The number of hydrogen-bond donors (Lipinski definition) is 0. The van der Waals surface area contributed by atoms with Crippen molar-refractivity contribution in [3.05, 3.63) is 57.3 Å². The van der Waals surface area contributed by atoms with Crippen LogP contribution in [0.3, 0.4) is 0 Å². The molecule has 0 radical (unpaired) electrons. The van der Waals surface area contributed by atoms with E-state index in [1.165, 1.54) is 16.0 Å². The Morgan fingerprint density at radius 1 is 1.26 bits per heavy atom. The molecule has 1 amide bonds. The summed E-state index contributed by atoms with van der Waals surface area (Å²) in [6, 6.07) is 12.6. The molecule has 1 aliphatic heterocycles. The number of piperazine rings is 1. The lowest BCUT2D eigenvalue weighted by molar-refractivity contribution is 0.0503. The Balaban J connectivity index is 1.90. The van der Waals surface area contributed by atoms with E-state index in [0.29, 0.717) is 0 Å². The summed E-state index contributed by atoms with van der Waals surface area (Å²) in [6.45, 7) is 6.86. The van der Waals surface area contributed by atoms with E-state index < -0.39 is 0 Å². The Bertz CT molecular complexity index is 680. The lowest BCUT2D eigenvalue weighted by Crippen LogP contribution is -2.49. The molecule has 1 aromatic carbocycles. The molecule has 2 aromatic rings. The van der Waals surface area contributed by atoms with Gasteiger partial charge in [0, 0.05) is 24.5 Å². The molecule has 0 N–H and O–H groups in total. The van der Waals surface area contributed by atoms with E-state index in [1.54, 1.807) is 11.3 Å². The minimum absolute atomic E-state index is 0.134. The van der Waals surface area contributed by atoms with Gasteiger partial charge in [-0.25, -0.2) is 0 Å². The lowest BCUT2D eigenvalue weighted by Gasteiger charge is -2.40. The third-order valence-corrected chi connectivity index (χ3v) is 5.72. The van der Waals surface area contributed by atoms with Crippen LogP contribution in [-0.4, -0.2) is 42.4 Å². The quantitative estimate of drug-likeness (QED) is 0.857. The standard InChI is InChI=1S/C19H24N2OS/c1-4-15-12-18(23-14(15)2)19(22)21-11-10-20(3)13-17(21)16-8-6-5-7-9-16/h5-9,12,17H,4,10-11,13H2,1-3H3. The van der Waals surface area contributed by atoms with Crippen LogP contribution in [0.2, 0.25) is 0 Å². The second-order valence-electron chi connectivity index (χ2n) is 6.23. The first-order valence-corrected chi connectivity index (χ1v) is 9.05. The zero-order valence-electron chi connectivity index (χ0n) is 14.1. The van der Waals surface area contributed by atoms with Crippen LogP contribution in [0.5, 0.6) is 0 Å². The van der Waals surface area contributed by atoms with Crippen LogP contribution < -0.4 is 0 Å². The summed E-state index contributed by atoms with van der Waals surface area (Å²) >= 11 is 1.63. The van der Waals surface area contributed by atoms with Gasteiger partial charge in [-0.3, -0.25) is 4.79 Å². The van der Waals surface area contributed by atoms with Gasteiger partial charge in [0.15, 0.2) is 0 Å². The van der Waals surface area contributed by atoms with Gasteiger partial charge in [-0.15, -0.1) is 11.3 Å². The maximum Gasteiger partial charge on any atom is 0.264 e. The largest absolute Gasteiger partial charge is 0.328 e. The molecular formula is C19H24N2OS. The summed E-state index contributed by atoms with van der Waals surface area (Å²) in [5, 5.41) is 0. The summed E-state index contributed by atoms with van der Waals surface area (Å²) in [5.41, 5.74) is 2.51. The molecule has 3 rings (SSSR count). The lowest BCUT2D eigenvalue weighted by atomic mass is 10.0. The first kappa shape index (κ1) is 16.2. The van der Waals surface area contributed by atoms with Gasteiger partial charge in [0.1, 0.15) is 0 Å². The number of carbonyl (C=O) groups is 1. The SMILES string of the molecule is CCc1cc(C(=O)N2CCN(C)CC2c2ccccc2)sc1C. The number of rotatable bonds is 3. The molecular weight excluding hydrogens is 304 g/mol. The summed E-state index contributed by atoms with van der Waals surface area (Å²) in [6.07, 6.45) is 0.987. The fraction of sp³-hybridized carbons (Fsp3) is 0.421. The Morgan fingerprint density at radius 2 is 2.00 bits per heavy atom. The van der Waals surface area contributed by atoms with Gasteiger partial charge < -0.3 is 9.80 Å². The third kappa shape index (κ3) is 3.33. The van der Waals surface area contributed by atoms with Crippen molar-refractivity contribution in [3.63, 3.8) is 0 Å². The van der Waals surface area contributed by atoms with E-state index in [4.69, 9.17) is 0 Å². The van der Waals surface area contributed by atoms with Gasteiger partial charge >= 0.3 is 0 Å². The van der Waals surface area contributed by atoms with E-state index in [1.807, 2.05) is 6.07 Å². The topological polar surface area (TPSA) is 23.6 Å². The summed E-state index contributed by atoms with van der Waals surface area (Å²) in [5.74, 6) is 0.180. The van der Waals surface area contributed by atoms with Crippen LogP contribution in [-0.2, 0) is 6.42 Å². The van der Waals surface area contributed by atoms with Crippen molar-refractivity contribution in [2.24, 2.45) is 0 Å². The van der Waals surface area contributed by atoms with Gasteiger partial charge in [0.25, 0.3) is 5.91 Å². The molecule has 1 saturated heterocycles. The van der Waals surface area contributed by atoms with Gasteiger partial charge in [0.2, 0.25) is 0 Å². The van der Waals surface area contributed by atoms with E-state index in [-0.39, 0.29) is 11.9 Å². The molecule has 0 saturated carbocycles. The molecule has 3 nitrogen and oxygen atoms in total. The number of nitrogens with zero attached hydrogens (tertiary/aromatic N) is 2. The minimum atomic E-state index is 0.134. The maximum atomic E-state index is 13.1. The van der Waals surface area contributed by atoms with Crippen molar-refractivity contribution in [1.82, 2.24) is 9.80 Å². The molecule has 1 aromatic heterocycles. The van der Waals surface area contributed by atoms with Gasteiger partial charge in [0.05, 0.1) is 10.9 Å². The average molecular weight is 328 g/mol. The first-order chi connectivity index (χ1) is 11.1. The monoisotopic (exact) mass is 328 g/mol. The van der Waals surface area contributed by atoms with Crippen molar-refractivity contribution in [3.8, 4) is 0 Å². The van der Waals surface area contributed by atoms with Gasteiger partial charge in [-0.2, -0.15) is 0 Å². The second kappa shape index (κ2) is 6.85. The van der Waals surface area contributed by atoms with Crippen molar-refractivity contribution in [2.45, 2.75) is 26.3 Å². The number of amides is 1. The zero-order chi connectivity index (χ0) is 16.4. The van der Waals surface area contributed by atoms with Crippen LogP contribution in [0.25, 0.3) is 0 Å². The molecule has 4 heteroatoms. The summed E-state index contributed by atoms with van der Waals surface area (Å²) in [4.78, 5) is 19.6. The summed E-state index contributed by atoms with van der Waals surface area (Å²) < 4.78 is 0. The average Bonchev–Trinajstić information content (AvgIpc) is 2.96. The molecule has 0 aliphatic carbocycles. The number of thiophene rings is 1. The maximum absolute atomic E-state index is 13.1. The number of carbonyl (C=O) groups excluding carboxylic acids is 1. The highest BCUT2D eigenvalue weighted by molar-refractivity contribution is 7.14. The molecule has 1 fully saturated rings. The minimum Gasteiger partial charge on any atom is -0.328 e. The van der Waals surface area contributed by atoms with Gasteiger partial charge in [-0.1, -0.05) is 37.3 Å². The Labute approximate surface area is 142 Å². The fourth-order valence-electron chi connectivity index (χ4n) is 3.24. The Morgan fingerprint density at radius 3 is 2.65 bits per heavy atom. The van der Waals surface area contributed by atoms with Crippen molar-refractivity contribution in [1.29, 1.82) is 0 Å². The van der Waals surface area contributed by atoms with Crippen molar-refractivity contribution < 1.29 is 4.79 Å². The smallest absolute Gasteiger partial charge is 0.264 e. The molecule has 1 aliphatic rings. The van der Waals surface area contributed by atoms with Crippen LogP contribution in [0.1, 0.15) is 38.6 Å². The fourth-order valence-corrected chi connectivity index (χ4v) is 4.31. The highest BCUT2D eigenvalue weighted by Gasteiger charge is 2.31. The second-order valence-corrected chi connectivity index (χ2v) is 7.49. The zero-order valence-corrected chi connectivity index (χ0v) is 14.9. The Hall–Kier alpha value is -1.65. The predicted octanol–water partition coefficient (Wildman–Crippen LogP) is 3.75. The number of benzene rings is 1. The van der Waals surface area contributed by atoms with E-state index >= 15 is 0 Å². The first-order valence-electron chi connectivity index (χ1n) is 8.24. The van der Waals surface area contributed by atoms with Crippen LogP contribution in [0.15, 0.2) is 36.4 Å². The van der Waals surface area contributed by atoms with Crippen LogP contribution in [0.4, 0.5) is 0 Å². The third-order valence-electron chi connectivity index (χ3n) is 4.64. The van der Waals surface area contributed by atoms with Crippen molar-refractivity contribution in [2.75, 3.05) is 26.7 Å². The van der Waals surface area contributed by atoms with Crippen LogP contribution >= 0.6 is 11.3 Å². The molecule has 0 spiro atoms. The number of likely N-dealkylation sites (N-methyl/N-ethyl adjacent to an activating group) is 1. The molecule has 122 valence electrons. The molecule has 2 heterocycles. The normalized spacial score (nSPS) is 19.1. The van der Waals surface area contributed by atoms with Crippen LogP contribution in [0, 0.1) is 6.92 Å². The molecule has 1 atom stereocenters.